The lowest BCUT2D eigenvalue weighted by atomic mass is 10.1. The summed E-state index contributed by atoms with van der Waals surface area (Å²) in [5.41, 5.74) is 0.429. The molecule has 0 unspecified atom stereocenters. The number of ether oxygens (including phenoxy) is 2. The third kappa shape index (κ3) is 5.48. The van der Waals surface area contributed by atoms with Crippen molar-refractivity contribution in [2.75, 3.05) is 6.61 Å². The molecule has 0 saturated heterocycles. The molecule has 0 saturated carbocycles. The molecule has 0 aliphatic rings. The first kappa shape index (κ1) is 19.3. The van der Waals surface area contributed by atoms with Crippen LogP contribution in [0.3, 0.4) is 0 Å². The van der Waals surface area contributed by atoms with E-state index in [1.54, 1.807) is 24.3 Å². The summed E-state index contributed by atoms with van der Waals surface area (Å²) < 4.78 is 10.9. The Morgan fingerprint density at radius 1 is 1.16 bits per heavy atom. The topological polar surface area (TPSA) is 52.6 Å². The minimum absolute atomic E-state index is 0.0108. The Kier molecular flexibility index (Phi) is 6.85. The van der Waals surface area contributed by atoms with E-state index in [9.17, 15) is 9.59 Å². The summed E-state index contributed by atoms with van der Waals surface area (Å²) >= 11 is 11.8. The lowest BCUT2D eigenvalue weighted by molar-refractivity contribution is 0.0733. The quantitative estimate of drug-likeness (QED) is 0.364. The predicted molar refractivity (Wildman–Crippen MR) is 98.2 cm³/mol. The highest BCUT2D eigenvalue weighted by Crippen LogP contribution is 2.32. The first-order valence-corrected chi connectivity index (χ1v) is 8.55. The monoisotopic (exact) mass is 380 g/mol. The maximum absolute atomic E-state index is 12.3. The molecule has 132 valence electrons. The van der Waals surface area contributed by atoms with Crippen molar-refractivity contribution in [3.05, 3.63) is 57.6 Å². The second-order valence-electron chi connectivity index (χ2n) is 5.87. The van der Waals surface area contributed by atoms with E-state index in [0.717, 1.165) is 6.42 Å². The third-order valence-electron chi connectivity index (χ3n) is 3.41. The van der Waals surface area contributed by atoms with E-state index < -0.39 is 5.97 Å². The molecule has 0 aromatic heterocycles. The molecule has 4 nitrogen and oxygen atoms in total. The minimum Gasteiger partial charge on any atom is -0.494 e. The predicted octanol–water partition coefficient (Wildman–Crippen LogP) is 5.45. The Bertz CT molecular complexity index is 755. The van der Waals surface area contributed by atoms with Crippen molar-refractivity contribution in [3.63, 3.8) is 0 Å². The summed E-state index contributed by atoms with van der Waals surface area (Å²) in [5, 5.41) is 0.381. The number of carbonyl (C=O) groups is 2. The van der Waals surface area contributed by atoms with Crippen LogP contribution in [0.25, 0.3) is 0 Å². The Balaban J connectivity index is 2.08. The average Bonchev–Trinajstić information content (AvgIpc) is 2.57. The molecule has 6 heteroatoms. The van der Waals surface area contributed by atoms with Crippen LogP contribution < -0.4 is 9.47 Å². The van der Waals surface area contributed by atoms with Gasteiger partial charge in [-0.1, -0.05) is 37.0 Å². The summed E-state index contributed by atoms with van der Waals surface area (Å²) in [5.74, 6) is 0.602. The molecule has 0 bridgehead atoms. The highest BCUT2D eigenvalue weighted by molar-refractivity contribution is 6.36. The molecule has 2 aromatic carbocycles. The molecule has 0 fully saturated rings. The summed E-state index contributed by atoms with van der Waals surface area (Å²) in [4.78, 5) is 23.4. The lowest BCUT2D eigenvalue weighted by Crippen LogP contribution is -2.10. The van der Waals surface area contributed by atoms with E-state index in [0.29, 0.717) is 30.1 Å². The summed E-state index contributed by atoms with van der Waals surface area (Å²) in [6, 6.07) is 9.37. The van der Waals surface area contributed by atoms with Gasteiger partial charge in [-0.2, -0.15) is 0 Å². The molecular formula is C19H18Cl2O4. The highest BCUT2D eigenvalue weighted by Gasteiger charge is 2.16. The molecule has 0 spiro atoms. The molecule has 0 N–H and O–H groups in total. The largest absolute Gasteiger partial charge is 0.494 e. The second kappa shape index (κ2) is 8.88. The number of esters is 1. The van der Waals surface area contributed by atoms with Crippen molar-refractivity contribution in [2.24, 2.45) is 5.92 Å². The van der Waals surface area contributed by atoms with Crippen LogP contribution in [0.1, 0.15) is 41.0 Å². The molecule has 0 aliphatic heterocycles. The van der Waals surface area contributed by atoms with Crippen LogP contribution in [0.5, 0.6) is 11.5 Å². The van der Waals surface area contributed by atoms with Gasteiger partial charge in [-0.25, -0.2) is 4.79 Å². The van der Waals surface area contributed by atoms with Crippen molar-refractivity contribution in [3.8, 4) is 11.5 Å². The third-order valence-corrected chi connectivity index (χ3v) is 3.91. The van der Waals surface area contributed by atoms with E-state index in [2.05, 4.69) is 13.8 Å². The highest BCUT2D eigenvalue weighted by atomic mass is 35.5. The Hall–Kier alpha value is -2.04. The zero-order valence-corrected chi connectivity index (χ0v) is 15.4. The molecule has 0 radical (unpaired) electrons. The van der Waals surface area contributed by atoms with Gasteiger partial charge in [0.2, 0.25) is 0 Å². The second-order valence-corrected chi connectivity index (χ2v) is 6.71. The van der Waals surface area contributed by atoms with Crippen LogP contribution in [-0.4, -0.2) is 18.9 Å². The molecular weight excluding hydrogens is 363 g/mol. The molecule has 0 atom stereocenters. The molecule has 0 heterocycles. The summed E-state index contributed by atoms with van der Waals surface area (Å²) in [6.07, 6.45) is 1.49. The fourth-order valence-electron chi connectivity index (χ4n) is 2.03. The standard InChI is InChI=1S/C19H18Cl2O4/c1-12(2)7-8-24-16-5-3-13(4-6-16)19(23)25-18-14(11-22)9-15(20)10-17(18)21/h3-6,9-12H,7-8H2,1-2H3. The van der Waals surface area contributed by atoms with E-state index in [1.165, 1.54) is 12.1 Å². The molecule has 2 rings (SSSR count). The zero-order valence-electron chi connectivity index (χ0n) is 13.9. The number of benzene rings is 2. The van der Waals surface area contributed by atoms with Crippen molar-refractivity contribution >= 4 is 35.5 Å². The molecule has 25 heavy (non-hydrogen) atoms. The van der Waals surface area contributed by atoms with E-state index in [-0.39, 0.29) is 21.4 Å². The van der Waals surface area contributed by atoms with Crippen LogP contribution in [0.4, 0.5) is 0 Å². The smallest absolute Gasteiger partial charge is 0.343 e. The number of carbonyl (C=O) groups excluding carboxylic acids is 2. The van der Waals surface area contributed by atoms with Crippen molar-refractivity contribution in [1.82, 2.24) is 0 Å². The number of hydrogen-bond donors (Lipinski definition) is 0. The van der Waals surface area contributed by atoms with Gasteiger partial charge in [-0.15, -0.1) is 0 Å². The number of halogens is 2. The molecule has 0 amide bonds. The SMILES string of the molecule is CC(C)CCOc1ccc(C(=O)Oc2c(Cl)cc(Cl)cc2C=O)cc1. The van der Waals surface area contributed by atoms with Gasteiger partial charge in [0.25, 0.3) is 0 Å². The van der Waals surface area contributed by atoms with E-state index >= 15 is 0 Å². The minimum atomic E-state index is -0.624. The van der Waals surface area contributed by atoms with Crippen LogP contribution in [0, 0.1) is 5.92 Å². The van der Waals surface area contributed by atoms with Gasteiger partial charge >= 0.3 is 5.97 Å². The first-order chi connectivity index (χ1) is 11.9. The van der Waals surface area contributed by atoms with Gasteiger partial charge in [0, 0.05) is 5.02 Å². The van der Waals surface area contributed by atoms with Gasteiger partial charge in [-0.3, -0.25) is 4.79 Å². The molecule has 0 aliphatic carbocycles. The first-order valence-electron chi connectivity index (χ1n) is 7.80. The van der Waals surface area contributed by atoms with Crippen LogP contribution >= 0.6 is 23.2 Å². The van der Waals surface area contributed by atoms with Crippen LogP contribution in [-0.2, 0) is 0 Å². The number of aldehydes is 1. The lowest BCUT2D eigenvalue weighted by Gasteiger charge is -2.10. The fraction of sp³-hybridized carbons (Fsp3) is 0.263. The van der Waals surface area contributed by atoms with E-state index in [4.69, 9.17) is 32.7 Å². The van der Waals surface area contributed by atoms with Crippen molar-refractivity contribution < 1.29 is 19.1 Å². The normalized spacial score (nSPS) is 10.6. The Labute approximate surface area is 156 Å². The van der Waals surface area contributed by atoms with E-state index in [1.807, 2.05) is 0 Å². The maximum atomic E-state index is 12.3. The van der Waals surface area contributed by atoms with Gasteiger partial charge in [-0.05, 0) is 48.7 Å². The zero-order chi connectivity index (χ0) is 18.4. The van der Waals surface area contributed by atoms with Gasteiger partial charge in [0.05, 0.1) is 22.8 Å². The van der Waals surface area contributed by atoms with Crippen molar-refractivity contribution in [2.45, 2.75) is 20.3 Å². The Morgan fingerprint density at radius 2 is 1.84 bits per heavy atom. The fourth-order valence-corrected chi connectivity index (χ4v) is 2.57. The maximum Gasteiger partial charge on any atom is 0.343 e. The molecule has 2 aromatic rings. The number of hydrogen-bond acceptors (Lipinski definition) is 4. The van der Waals surface area contributed by atoms with Crippen LogP contribution in [0.2, 0.25) is 10.0 Å². The Morgan fingerprint density at radius 3 is 2.44 bits per heavy atom. The van der Waals surface area contributed by atoms with Crippen molar-refractivity contribution in [1.29, 1.82) is 0 Å². The van der Waals surface area contributed by atoms with Gasteiger partial charge in [0.15, 0.2) is 12.0 Å². The summed E-state index contributed by atoms with van der Waals surface area (Å²) in [6.45, 7) is 4.86. The van der Waals surface area contributed by atoms with Crippen LogP contribution in [0.15, 0.2) is 36.4 Å². The number of rotatable bonds is 7. The van der Waals surface area contributed by atoms with Gasteiger partial charge < -0.3 is 9.47 Å². The van der Waals surface area contributed by atoms with Gasteiger partial charge in [0.1, 0.15) is 5.75 Å². The average molecular weight is 381 g/mol. The summed E-state index contributed by atoms with van der Waals surface area (Å²) in [7, 11) is 0.